The normalized spacial score (nSPS) is 10.2. The van der Waals surface area contributed by atoms with Crippen molar-refractivity contribution in [3.63, 3.8) is 0 Å². The molecule has 98 valence electrons. The molecule has 0 saturated carbocycles. The second-order valence-electron chi connectivity index (χ2n) is 3.75. The summed E-state index contributed by atoms with van der Waals surface area (Å²) in [4.78, 5) is 24.1. The average molecular weight is 335 g/mol. The Hall–Kier alpha value is -1.07. The second-order valence-corrected chi connectivity index (χ2v) is 5.01. The lowest BCUT2D eigenvalue weighted by Gasteiger charge is -2.20. The topological polar surface area (TPSA) is 57.6 Å². The summed E-state index contributed by atoms with van der Waals surface area (Å²) >= 11 is 9.15. The summed E-state index contributed by atoms with van der Waals surface area (Å²) in [5, 5.41) is 9.20. The van der Waals surface area contributed by atoms with Crippen molar-refractivity contribution in [3.8, 4) is 0 Å². The van der Waals surface area contributed by atoms with Gasteiger partial charge >= 0.3 is 5.97 Å². The number of amides is 1. The largest absolute Gasteiger partial charge is 0.480 e. The van der Waals surface area contributed by atoms with Crippen molar-refractivity contribution in [1.82, 2.24) is 4.90 Å². The standard InChI is InChI=1S/C12H13BrClNO3/c1-2-5-15(7-11(16)17)12(18)8-3-4-9(13)10(14)6-8/h3-4,6H,2,5,7H2,1H3,(H,16,17). The van der Waals surface area contributed by atoms with Crippen molar-refractivity contribution in [2.45, 2.75) is 13.3 Å². The van der Waals surface area contributed by atoms with Crippen LogP contribution in [0.3, 0.4) is 0 Å². The van der Waals surface area contributed by atoms with E-state index in [1.165, 1.54) is 11.0 Å². The molecule has 0 fully saturated rings. The van der Waals surface area contributed by atoms with Crippen LogP contribution in [0.1, 0.15) is 23.7 Å². The molecule has 4 nitrogen and oxygen atoms in total. The van der Waals surface area contributed by atoms with Crippen molar-refractivity contribution in [2.75, 3.05) is 13.1 Å². The van der Waals surface area contributed by atoms with Crippen LogP contribution in [0.5, 0.6) is 0 Å². The van der Waals surface area contributed by atoms with Crippen LogP contribution in [-0.4, -0.2) is 35.0 Å². The zero-order chi connectivity index (χ0) is 13.7. The van der Waals surface area contributed by atoms with Gasteiger partial charge in [-0.1, -0.05) is 18.5 Å². The summed E-state index contributed by atoms with van der Waals surface area (Å²) in [6, 6.07) is 4.81. The molecule has 0 atom stereocenters. The van der Waals surface area contributed by atoms with E-state index in [4.69, 9.17) is 16.7 Å². The third-order valence-corrected chi connectivity index (χ3v) is 3.51. The summed E-state index contributed by atoms with van der Waals surface area (Å²) in [5.74, 6) is -1.35. The van der Waals surface area contributed by atoms with E-state index in [-0.39, 0.29) is 12.5 Å². The van der Waals surface area contributed by atoms with E-state index < -0.39 is 5.97 Å². The highest BCUT2D eigenvalue weighted by molar-refractivity contribution is 9.10. The average Bonchev–Trinajstić information content (AvgIpc) is 2.31. The van der Waals surface area contributed by atoms with Gasteiger partial charge in [-0.2, -0.15) is 0 Å². The lowest BCUT2D eigenvalue weighted by molar-refractivity contribution is -0.137. The van der Waals surface area contributed by atoms with Gasteiger partial charge < -0.3 is 10.0 Å². The number of nitrogens with zero attached hydrogens (tertiary/aromatic N) is 1. The molecular weight excluding hydrogens is 321 g/mol. The molecule has 6 heteroatoms. The minimum atomic E-state index is -1.03. The zero-order valence-electron chi connectivity index (χ0n) is 9.82. The summed E-state index contributed by atoms with van der Waals surface area (Å²) in [7, 11) is 0. The number of hydrogen-bond acceptors (Lipinski definition) is 2. The maximum atomic E-state index is 12.1. The van der Waals surface area contributed by atoms with Crippen LogP contribution in [0.4, 0.5) is 0 Å². The molecule has 1 aromatic carbocycles. The smallest absolute Gasteiger partial charge is 0.323 e. The first kappa shape index (κ1) is 15.0. The van der Waals surface area contributed by atoms with Gasteiger partial charge in [-0.25, -0.2) is 0 Å². The zero-order valence-corrected chi connectivity index (χ0v) is 12.2. The maximum Gasteiger partial charge on any atom is 0.323 e. The van der Waals surface area contributed by atoms with Gasteiger partial charge in [-0.05, 0) is 40.5 Å². The van der Waals surface area contributed by atoms with Crippen molar-refractivity contribution >= 4 is 39.4 Å². The lowest BCUT2D eigenvalue weighted by Crippen LogP contribution is -2.36. The summed E-state index contributed by atoms with van der Waals surface area (Å²) in [6.07, 6.45) is 0.698. The van der Waals surface area contributed by atoms with Gasteiger partial charge in [0, 0.05) is 16.6 Å². The number of benzene rings is 1. The van der Waals surface area contributed by atoms with E-state index in [0.717, 1.165) is 0 Å². The minimum Gasteiger partial charge on any atom is -0.480 e. The van der Waals surface area contributed by atoms with Gasteiger partial charge in [0.05, 0.1) is 5.02 Å². The monoisotopic (exact) mass is 333 g/mol. The highest BCUT2D eigenvalue weighted by atomic mass is 79.9. The van der Waals surface area contributed by atoms with Crippen LogP contribution in [0.25, 0.3) is 0 Å². The van der Waals surface area contributed by atoms with Gasteiger partial charge in [0.2, 0.25) is 0 Å². The number of carbonyl (C=O) groups excluding carboxylic acids is 1. The number of aliphatic carboxylic acids is 1. The second kappa shape index (κ2) is 6.75. The molecule has 0 aliphatic heterocycles. The lowest BCUT2D eigenvalue weighted by atomic mass is 10.2. The summed E-state index contributed by atoms with van der Waals surface area (Å²) in [6.45, 7) is 1.98. The van der Waals surface area contributed by atoms with E-state index in [2.05, 4.69) is 15.9 Å². The molecule has 1 aromatic rings. The van der Waals surface area contributed by atoms with Gasteiger partial charge in [-0.15, -0.1) is 0 Å². The fourth-order valence-electron chi connectivity index (χ4n) is 1.50. The van der Waals surface area contributed by atoms with Crippen molar-refractivity contribution in [3.05, 3.63) is 33.3 Å². The molecule has 0 bridgehead atoms. The molecule has 0 spiro atoms. The Balaban J connectivity index is 2.93. The molecular formula is C12H13BrClNO3. The highest BCUT2D eigenvalue weighted by Crippen LogP contribution is 2.23. The van der Waals surface area contributed by atoms with Crippen LogP contribution < -0.4 is 0 Å². The molecule has 1 rings (SSSR count). The Morgan fingerprint density at radius 1 is 1.44 bits per heavy atom. The fraction of sp³-hybridized carbons (Fsp3) is 0.333. The van der Waals surface area contributed by atoms with Crippen LogP contribution in [0, 0.1) is 0 Å². The summed E-state index contributed by atoms with van der Waals surface area (Å²) in [5.41, 5.74) is 0.387. The molecule has 0 aliphatic rings. The third-order valence-electron chi connectivity index (χ3n) is 2.27. The van der Waals surface area contributed by atoms with Crippen molar-refractivity contribution in [1.29, 1.82) is 0 Å². The molecule has 0 radical (unpaired) electrons. The number of hydrogen-bond donors (Lipinski definition) is 1. The van der Waals surface area contributed by atoms with Gasteiger partial charge in [-0.3, -0.25) is 9.59 Å². The van der Waals surface area contributed by atoms with Crippen LogP contribution in [-0.2, 0) is 4.79 Å². The Bertz CT molecular complexity index is 465. The fourth-order valence-corrected chi connectivity index (χ4v) is 1.92. The first-order valence-corrected chi connectivity index (χ1v) is 6.59. The Kier molecular flexibility index (Phi) is 5.62. The minimum absolute atomic E-state index is 0.305. The third kappa shape index (κ3) is 3.99. The Morgan fingerprint density at radius 2 is 2.11 bits per heavy atom. The maximum absolute atomic E-state index is 12.1. The van der Waals surface area contributed by atoms with Crippen LogP contribution >= 0.6 is 27.5 Å². The van der Waals surface area contributed by atoms with Gasteiger partial charge in [0.1, 0.15) is 6.54 Å². The molecule has 0 aliphatic carbocycles. The number of rotatable bonds is 5. The van der Waals surface area contributed by atoms with E-state index in [9.17, 15) is 9.59 Å². The first-order chi connectivity index (χ1) is 8.45. The predicted molar refractivity (Wildman–Crippen MR) is 73.0 cm³/mol. The molecule has 0 saturated heterocycles. The van der Waals surface area contributed by atoms with Crippen molar-refractivity contribution < 1.29 is 14.7 Å². The van der Waals surface area contributed by atoms with E-state index >= 15 is 0 Å². The SMILES string of the molecule is CCCN(CC(=O)O)C(=O)c1ccc(Br)c(Cl)c1. The molecule has 0 unspecified atom stereocenters. The van der Waals surface area contributed by atoms with E-state index in [0.29, 0.717) is 28.0 Å². The molecule has 0 heterocycles. The highest BCUT2D eigenvalue weighted by Gasteiger charge is 2.18. The van der Waals surface area contributed by atoms with E-state index in [1.807, 2.05) is 6.92 Å². The molecule has 18 heavy (non-hydrogen) atoms. The van der Waals surface area contributed by atoms with Gasteiger partial charge in [0.25, 0.3) is 5.91 Å². The Labute approximate surface area is 119 Å². The van der Waals surface area contributed by atoms with E-state index in [1.54, 1.807) is 12.1 Å². The Morgan fingerprint density at radius 3 is 2.61 bits per heavy atom. The number of carboxylic acid groups (broad SMARTS) is 1. The van der Waals surface area contributed by atoms with Crippen molar-refractivity contribution in [2.24, 2.45) is 0 Å². The first-order valence-electron chi connectivity index (χ1n) is 5.41. The quantitative estimate of drug-likeness (QED) is 0.900. The van der Waals surface area contributed by atoms with Crippen LogP contribution in [0.15, 0.2) is 22.7 Å². The molecule has 0 aromatic heterocycles. The number of carboxylic acids is 1. The van der Waals surface area contributed by atoms with Gasteiger partial charge in [0.15, 0.2) is 0 Å². The molecule has 1 amide bonds. The summed E-state index contributed by atoms with van der Waals surface area (Å²) < 4.78 is 0.695. The predicted octanol–water partition coefficient (Wildman–Crippen LogP) is 3.04. The van der Waals surface area contributed by atoms with Crippen LogP contribution in [0.2, 0.25) is 5.02 Å². The molecule has 1 N–H and O–H groups in total. The number of halogens is 2. The number of carbonyl (C=O) groups is 2.